The van der Waals surface area contributed by atoms with Crippen molar-refractivity contribution in [3.8, 4) is 0 Å². The summed E-state index contributed by atoms with van der Waals surface area (Å²) in [5.41, 5.74) is 6.53. The van der Waals surface area contributed by atoms with Crippen LogP contribution in [0.5, 0.6) is 0 Å². The fourth-order valence-corrected chi connectivity index (χ4v) is 4.39. The van der Waals surface area contributed by atoms with Crippen molar-refractivity contribution in [1.82, 2.24) is 9.97 Å². The lowest BCUT2D eigenvalue weighted by Gasteiger charge is -2.24. The summed E-state index contributed by atoms with van der Waals surface area (Å²) in [6, 6.07) is 46.0. The van der Waals surface area contributed by atoms with Crippen LogP contribution in [0.15, 0.2) is 133 Å². The molecule has 0 aliphatic heterocycles. The number of anilines is 6. The van der Waals surface area contributed by atoms with Gasteiger partial charge in [0.2, 0.25) is 0 Å². The molecule has 0 saturated heterocycles. The van der Waals surface area contributed by atoms with Gasteiger partial charge in [0, 0.05) is 34.9 Å². The fraction of sp³-hybridized carbons (Fsp3) is 0. The maximum atomic E-state index is 3.64. The normalized spacial score (nSPS) is 10.9. The number of H-pyrrole nitrogens is 2. The largest absolute Gasteiger partial charge is 0.339 e. The van der Waals surface area contributed by atoms with Gasteiger partial charge in [-0.05, 0) is 48.5 Å². The summed E-state index contributed by atoms with van der Waals surface area (Å²) >= 11 is 0. The molecule has 4 aromatic carbocycles. The van der Waals surface area contributed by atoms with Crippen molar-refractivity contribution >= 4 is 45.4 Å². The van der Waals surface area contributed by atoms with Gasteiger partial charge in [0.1, 0.15) is 11.6 Å². The number of fused-ring (bicyclic) bond motifs is 1. The van der Waals surface area contributed by atoms with Crippen LogP contribution >= 0.6 is 0 Å². The molecule has 0 amide bonds. The Morgan fingerprint density at radius 2 is 0.618 bits per heavy atom. The number of hydrogen-bond acceptors (Lipinski definition) is 2. The molecule has 0 bridgehead atoms. The second kappa shape index (κ2) is 8.68. The average molecular weight is 441 g/mol. The first-order chi connectivity index (χ1) is 16.9. The highest BCUT2D eigenvalue weighted by Gasteiger charge is 2.18. The summed E-state index contributed by atoms with van der Waals surface area (Å²) in [4.78, 5) is 11.7. The Kier molecular flexibility index (Phi) is 5.09. The molecular weight excluding hydrogens is 416 g/mol. The molecule has 6 rings (SSSR count). The Labute approximate surface area is 198 Å². The molecule has 2 heterocycles. The second-order valence-corrected chi connectivity index (χ2v) is 8.15. The zero-order valence-corrected chi connectivity index (χ0v) is 18.6. The third-order valence-corrected chi connectivity index (χ3v) is 5.92. The van der Waals surface area contributed by atoms with Crippen molar-refractivity contribution in [3.63, 3.8) is 0 Å². The van der Waals surface area contributed by atoms with Crippen molar-refractivity contribution in [2.24, 2.45) is 0 Å². The fourth-order valence-electron chi connectivity index (χ4n) is 4.39. The zero-order chi connectivity index (χ0) is 22.7. The molecule has 0 fully saturated rings. The van der Waals surface area contributed by atoms with Gasteiger partial charge in [-0.3, -0.25) is 9.80 Å². The van der Waals surface area contributed by atoms with Crippen molar-refractivity contribution in [1.29, 1.82) is 0 Å². The van der Waals surface area contributed by atoms with E-state index >= 15 is 0 Å². The Morgan fingerprint density at radius 1 is 0.353 bits per heavy atom. The van der Waals surface area contributed by atoms with Crippen LogP contribution < -0.4 is 9.80 Å². The topological polar surface area (TPSA) is 38.1 Å². The summed E-state index contributed by atoms with van der Waals surface area (Å²) in [5.74, 6) is 2.02. The van der Waals surface area contributed by atoms with E-state index in [4.69, 9.17) is 0 Å². The first kappa shape index (κ1) is 19.9. The van der Waals surface area contributed by atoms with E-state index in [0.29, 0.717) is 0 Å². The van der Waals surface area contributed by atoms with E-state index in [1.54, 1.807) is 0 Å². The molecule has 34 heavy (non-hydrogen) atoms. The Hall–Kier alpha value is -4.70. The quantitative estimate of drug-likeness (QED) is 0.273. The lowest BCUT2D eigenvalue weighted by atomic mass is 10.2. The van der Waals surface area contributed by atoms with Crippen LogP contribution in [0.25, 0.3) is 11.0 Å². The van der Waals surface area contributed by atoms with Crippen molar-refractivity contribution < 1.29 is 0 Å². The van der Waals surface area contributed by atoms with E-state index in [1.807, 2.05) is 24.3 Å². The molecule has 2 aromatic heterocycles. The molecular formula is C30H24N4. The Bertz CT molecular complexity index is 1260. The highest BCUT2D eigenvalue weighted by molar-refractivity contribution is 5.91. The van der Waals surface area contributed by atoms with Gasteiger partial charge in [0.05, 0.1) is 11.0 Å². The minimum atomic E-state index is 1.01. The van der Waals surface area contributed by atoms with Crippen LogP contribution in [0.3, 0.4) is 0 Å². The highest BCUT2D eigenvalue weighted by atomic mass is 15.2. The minimum Gasteiger partial charge on any atom is -0.339 e. The number of nitrogens with zero attached hydrogens (tertiary/aromatic N) is 2. The van der Waals surface area contributed by atoms with Crippen molar-refractivity contribution in [2.45, 2.75) is 0 Å². The molecule has 6 aromatic rings. The molecule has 4 heteroatoms. The van der Waals surface area contributed by atoms with Gasteiger partial charge in [0.15, 0.2) is 0 Å². The molecule has 0 saturated carbocycles. The number of hydrogen-bond donors (Lipinski definition) is 2. The second-order valence-electron chi connectivity index (χ2n) is 8.15. The Balaban J connectivity index is 1.44. The summed E-state index contributed by atoms with van der Waals surface area (Å²) in [6.07, 6.45) is 0. The molecule has 4 nitrogen and oxygen atoms in total. The van der Waals surface area contributed by atoms with Crippen LogP contribution in [0.1, 0.15) is 0 Å². The summed E-state index contributed by atoms with van der Waals surface area (Å²) in [5, 5.41) is 0. The van der Waals surface area contributed by atoms with Crippen LogP contribution in [0, 0.1) is 0 Å². The molecule has 0 spiro atoms. The average Bonchev–Trinajstić information content (AvgIpc) is 3.46. The number of rotatable bonds is 6. The maximum absolute atomic E-state index is 3.64. The zero-order valence-electron chi connectivity index (χ0n) is 18.6. The monoisotopic (exact) mass is 440 g/mol. The summed E-state index contributed by atoms with van der Waals surface area (Å²) < 4.78 is 0. The number of nitrogens with one attached hydrogen (secondary N) is 2. The van der Waals surface area contributed by atoms with Gasteiger partial charge in [0.25, 0.3) is 0 Å². The van der Waals surface area contributed by atoms with Gasteiger partial charge >= 0.3 is 0 Å². The van der Waals surface area contributed by atoms with E-state index in [-0.39, 0.29) is 0 Å². The molecule has 164 valence electrons. The first-order valence-electron chi connectivity index (χ1n) is 11.4. The molecule has 2 N–H and O–H groups in total. The first-order valence-corrected chi connectivity index (χ1v) is 11.4. The van der Waals surface area contributed by atoms with E-state index in [9.17, 15) is 0 Å². The lowest BCUT2D eigenvalue weighted by molar-refractivity contribution is 1.21. The smallest absolute Gasteiger partial charge is 0.117 e. The van der Waals surface area contributed by atoms with Gasteiger partial charge in [-0.15, -0.1) is 0 Å². The summed E-state index contributed by atoms with van der Waals surface area (Å²) in [6.45, 7) is 0. The predicted octanol–water partition coefficient (Wildman–Crippen LogP) is 8.44. The van der Waals surface area contributed by atoms with E-state index in [0.717, 1.165) is 45.4 Å². The van der Waals surface area contributed by atoms with Gasteiger partial charge < -0.3 is 9.97 Å². The molecule has 0 unspecified atom stereocenters. The SMILES string of the molecule is c1ccc(N(c2ccccc2)c2cc3[nH]c(N(c4ccccc4)c4ccccc4)cc3[nH]2)cc1. The van der Waals surface area contributed by atoms with Gasteiger partial charge in [-0.1, -0.05) is 72.8 Å². The van der Waals surface area contributed by atoms with Crippen LogP contribution in [-0.4, -0.2) is 9.97 Å². The van der Waals surface area contributed by atoms with E-state index in [1.165, 1.54) is 0 Å². The lowest BCUT2D eigenvalue weighted by Crippen LogP contribution is -2.10. The molecule has 0 radical (unpaired) electrons. The van der Waals surface area contributed by atoms with Gasteiger partial charge in [-0.25, -0.2) is 0 Å². The van der Waals surface area contributed by atoms with Crippen LogP contribution in [0.2, 0.25) is 0 Å². The van der Waals surface area contributed by atoms with Crippen LogP contribution in [0.4, 0.5) is 34.4 Å². The standard InChI is InChI=1S/C30H24N4/c1-5-13-23(14-6-1)33(24-15-7-2-8-16-24)29-21-27-28(31-29)22-30(32-27)34(25-17-9-3-10-18-25)26-19-11-4-12-20-26/h1-22,31-32H. The van der Waals surface area contributed by atoms with Crippen LogP contribution in [-0.2, 0) is 0 Å². The Morgan fingerprint density at radius 3 is 0.882 bits per heavy atom. The third-order valence-electron chi connectivity index (χ3n) is 5.92. The number of aromatic amines is 2. The van der Waals surface area contributed by atoms with Crippen molar-refractivity contribution in [2.75, 3.05) is 9.80 Å². The maximum Gasteiger partial charge on any atom is 0.117 e. The number of aromatic nitrogens is 2. The minimum absolute atomic E-state index is 1.01. The molecule has 0 aliphatic carbocycles. The highest BCUT2D eigenvalue weighted by Crippen LogP contribution is 2.39. The third kappa shape index (κ3) is 3.71. The summed E-state index contributed by atoms with van der Waals surface area (Å²) in [7, 11) is 0. The van der Waals surface area contributed by atoms with Crippen molar-refractivity contribution in [3.05, 3.63) is 133 Å². The predicted molar refractivity (Wildman–Crippen MR) is 142 cm³/mol. The van der Waals surface area contributed by atoms with Gasteiger partial charge in [-0.2, -0.15) is 0 Å². The van der Waals surface area contributed by atoms with E-state index < -0.39 is 0 Å². The number of para-hydroxylation sites is 4. The molecule has 0 aliphatic rings. The van der Waals surface area contributed by atoms with E-state index in [2.05, 4.69) is 129 Å². The molecule has 0 atom stereocenters. The number of benzene rings is 4.